The van der Waals surface area contributed by atoms with Gasteiger partial charge in [-0.05, 0) is 37.5 Å². The minimum atomic E-state index is -4.13. The van der Waals surface area contributed by atoms with Gasteiger partial charge < -0.3 is 15.3 Å². The number of carbonyl (C=O) groups excluding carboxylic acids is 2. The van der Waals surface area contributed by atoms with Crippen LogP contribution in [0.4, 0.5) is 18.9 Å². The van der Waals surface area contributed by atoms with Gasteiger partial charge in [-0.3, -0.25) is 14.3 Å². The number of piperidine rings is 2. The molecule has 1 aromatic carbocycles. The topological polar surface area (TPSA) is 87.5 Å². The van der Waals surface area contributed by atoms with Crippen LogP contribution in [0.5, 0.6) is 0 Å². The molecule has 1 aromatic heterocycles. The normalized spacial score (nSPS) is 29.1. The quantitative estimate of drug-likeness (QED) is 0.793. The van der Waals surface area contributed by atoms with Crippen molar-refractivity contribution in [2.75, 3.05) is 5.32 Å². The maximum absolute atomic E-state index is 15.1. The van der Waals surface area contributed by atoms with Crippen molar-refractivity contribution in [3.05, 3.63) is 47.5 Å². The zero-order valence-corrected chi connectivity index (χ0v) is 16.0. The van der Waals surface area contributed by atoms with Crippen LogP contribution in [0, 0.1) is 11.7 Å². The Bertz CT molecular complexity index is 1070. The molecule has 5 rings (SSSR count). The molecule has 2 heterocycles. The van der Waals surface area contributed by atoms with Crippen LogP contribution >= 0.6 is 0 Å². The molecule has 7 nitrogen and oxygen atoms in total. The van der Waals surface area contributed by atoms with Crippen LogP contribution in [0.25, 0.3) is 0 Å². The van der Waals surface area contributed by atoms with E-state index in [1.807, 2.05) is 0 Å². The molecule has 2 N–H and O–H groups in total. The highest BCUT2D eigenvalue weighted by Crippen LogP contribution is 2.61. The molecule has 1 aliphatic heterocycles. The Morgan fingerprint density at radius 2 is 2.10 bits per heavy atom. The standard InChI is InChI=1S/C20H19F3N4O3/c1-26-9-11(8-24-26)25-17(28)10-2-3-15(21)13(4-10)20(22,23)18(29)27-12-5-14-16(27)7-19(14,30)6-12/h2-4,8-9,12,14,16,30H,5-7H2,1H3,(H,25,28)/t12-,14?,16-,19+/m0/s1. The van der Waals surface area contributed by atoms with E-state index < -0.39 is 46.8 Å². The fourth-order valence-corrected chi connectivity index (χ4v) is 5.21. The van der Waals surface area contributed by atoms with E-state index >= 15 is 8.78 Å². The molecule has 4 atom stereocenters. The van der Waals surface area contributed by atoms with Crippen molar-refractivity contribution in [3.63, 3.8) is 0 Å². The number of nitrogens with zero attached hydrogens (tertiary/aromatic N) is 3. The van der Waals surface area contributed by atoms with E-state index in [0.29, 0.717) is 18.2 Å². The second-order valence-electron chi connectivity index (χ2n) is 8.41. The van der Waals surface area contributed by atoms with Crippen LogP contribution in [-0.4, -0.2) is 49.3 Å². The molecular formula is C20H19F3N4O3. The lowest BCUT2D eigenvalue weighted by atomic mass is 9.66. The van der Waals surface area contributed by atoms with Gasteiger partial charge in [0.05, 0.1) is 23.0 Å². The second kappa shape index (κ2) is 6.07. The van der Waals surface area contributed by atoms with Crippen LogP contribution in [0.3, 0.4) is 0 Å². The number of rotatable bonds is 4. The number of halogens is 3. The highest BCUT2D eigenvalue weighted by atomic mass is 19.3. The number of aliphatic hydroxyl groups is 1. The first kappa shape index (κ1) is 19.1. The fourth-order valence-electron chi connectivity index (χ4n) is 5.21. The number of aromatic nitrogens is 2. The molecule has 2 aliphatic carbocycles. The molecular weight excluding hydrogens is 401 g/mol. The first-order valence-corrected chi connectivity index (χ1v) is 9.63. The summed E-state index contributed by atoms with van der Waals surface area (Å²) in [7, 11) is 1.64. The lowest BCUT2D eigenvalue weighted by molar-refractivity contribution is -0.189. The molecule has 3 fully saturated rings. The minimum Gasteiger partial charge on any atom is -0.389 e. The lowest BCUT2D eigenvalue weighted by Gasteiger charge is -2.54. The summed E-state index contributed by atoms with van der Waals surface area (Å²) in [6.45, 7) is 0. The average molecular weight is 420 g/mol. The third kappa shape index (κ3) is 2.59. The van der Waals surface area contributed by atoms with Crippen molar-refractivity contribution in [2.45, 2.75) is 42.9 Å². The monoisotopic (exact) mass is 420 g/mol. The van der Waals surface area contributed by atoms with Gasteiger partial charge in [0.1, 0.15) is 5.82 Å². The van der Waals surface area contributed by atoms with Crippen molar-refractivity contribution in [1.82, 2.24) is 14.7 Å². The van der Waals surface area contributed by atoms with Crippen molar-refractivity contribution >= 4 is 17.5 Å². The second-order valence-corrected chi connectivity index (χ2v) is 8.41. The molecule has 0 spiro atoms. The first-order chi connectivity index (χ1) is 14.1. The first-order valence-electron chi connectivity index (χ1n) is 9.63. The van der Waals surface area contributed by atoms with E-state index in [4.69, 9.17) is 0 Å². The maximum Gasteiger partial charge on any atom is 0.352 e. The van der Waals surface area contributed by atoms with E-state index in [2.05, 4.69) is 10.4 Å². The van der Waals surface area contributed by atoms with Crippen LogP contribution in [0.15, 0.2) is 30.6 Å². The number of anilines is 1. The molecule has 3 aliphatic rings. The van der Waals surface area contributed by atoms with E-state index in [9.17, 15) is 19.1 Å². The summed E-state index contributed by atoms with van der Waals surface area (Å²) < 4.78 is 46.0. The predicted molar refractivity (Wildman–Crippen MR) is 98.2 cm³/mol. The van der Waals surface area contributed by atoms with Crippen molar-refractivity contribution in [2.24, 2.45) is 13.0 Å². The summed E-state index contributed by atoms with van der Waals surface area (Å²) in [5.41, 5.74) is -1.84. The number of hydrogen-bond donors (Lipinski definition) is 2. The molecule has 30 heavy (non-hydrogen) atoms. The van der Waals surface area contributed by atoms with Gasteiger partial charge in [-0.2, -0.15) is 13.9 Å². The molecule has 1 saturated heterocycles. The SMILES string of the molecule is Cn1cc(NC(=O)c2ccc(F)c(C(F)(F)C(=O)N3[C@H]4CC5[C@@H]3C[C@]5(O)C4)c2)cn1. The Kier molecular flexibility index (Phi) is 3.86. The number of alkyl halides is 2. The van der Waals surface area contributed by atoms with E-state index in [-0.39, 0.29) is 24.3 Å². The van der Waals surface area contributed by atoms with Gasteiger partial charge in [-0.1, -0.05) is 0 Å². The zero-order valence-electron chi connectivity index (χ0n) is 16.0. The number of fused-ring (bicyclic) bond motifs is 1. The highest BCUT2D eigenvalue weighted by molar-refractivity contribution is 6.04. The van der Waals surface area contributed by atoms with Gasteiger partial charge in [-0.15, -0.1) is 0 Å². The number of aryl methyl sites for hydroxylation is 1. The Labute approximate surface area is 169 Å². The summed E-state index contributed by atoms with van der Waals surface area (Å²) in [6.07, 6.45) is 3.92. The average Bonchev–Trinajstić information content (AvgIpc) is 3.30. The third-order valence-electron chi connectivity index (χ3n) is 6.62. The van der Waals surface area contributed by atoms with Crippen LogP contribution in [-0.2, 0) is 17.8 Å². The van der Waals surface area contributed by atoms with Gasteiger partial charge in [0.15, 0.2) is 0 Å². The smallest absolute Gasteiger partial charge is 0.352 e. The Hall–Kier alpha value is -2.88. The number of benzene rings is 1. The molecule has 2 amide bonds. The largest absolute Gasteiger partial charge is 0.389 e. The van der Waals surface area contributed by atoms with Gasteiger partial charge >= 0.3 is 5.92 Å². The van der Waals surface area contributed by atoms with Gasteiger partial charge in [0.25, 0.3) is 11.8 Å². The van der Waals surface area contributed by atoms with Gasteiger partial charge in [0.2, 0.25) is 0 Å². The number of likely N-dealkylation sites (tertiary alicyclic amines) is 1. The Morgan fingerprint density at radius 3 is 2.70 bits per heavy atom. The van der Waals surface area contributed by atoms with E-state index in [0.717, 1.165) is 17.0 Å². The molecule has 10 heteroatoms. The summed E-state index contributed by atoms with van der Waals surface area (Å²) >= 11 is 0. The summed E-state index contributed by atoms with van der Waals surface area (Å²) in [5.74, 6) is -7.79. The van der Waals surface area contributed by atoms with E-state index in [1.54, 1.807) is 7.05 Å². The lowest BCUT2D eigenvalue weighted by Crippen LogP contribution is -2.66. The number of nitrogens with one attached hydrogen (secondary N) is 1. The van der Waals surface area contributed by atoms with E-state index in [1.165, 1.54) is 17.1 Å². The fraction of sp³-hybridized carbons (Fsp3) is 0.450. The molecule has 158 valence electrons. The van der Waals surface area contributed by atoms with Crippen molar-refractivity contribution in [3.8, 4) is 0 Å². The number of carbonyl (C=O) groups is 2. The highest BCUT2D eigenvalue weighted by Gasteiger charge is 2.70. The molecule has 2 bridgehead atoms. The van der Waals surface area contributed by atoms with Crippen molar-refractivity contribution in [1.29, 1.82) is 0 Å². The van der Waals surface area contributed by atoms with Gasteiger partial charge in [0, 0.05) is 36.8 Å². The zero-order chi connectivity index (χ0) is 21.4. The Balaban J connectivity index is 1.41. The summed E-state index contributed by atoms with van der Waals surface area (Å²) in [6, 6.07) is 1.65. The number of amides is 2. The van der Waals surface area contributed by atoms with Crippen molar-refractivity contribution < 1.29 is 27.9 Å². The van der Waals surface area contributed by atoms with Gasteiger partial charge in [-0.25, -0.2) is 4.39 Å². The van der Waals surface area contributed by atoms with Crippen LogP contribution < -0.4 is 5.32 Å². The maximum atomic E-state index is 15.1. The predicted octanol–water partition coefficient (Wildman–Crippen LogP) is 2.03. The molecule has 0 radical (unpaired) electrons. The summed E-state index contributed by atoms with van der Waals surface area (Å²) in [5, 5.41) is 16.7. The van der Waals surface area contributed by atoms with Crippen LogP contribution in [0.1, 0.15) is 35.2 Å². The minimum absolute atomic E-state index is 0.191. The third-order valence-corrected chi connectivity index (χ3v) is 6.62. The number of hydrogen-bond acceptors (Lipinski definition) is 4. The molecule has 2 aromatic rings. The summed E-state index contributed by atoms with van der Waals surface area (Å²) in [4.78, 5) is 26.3. The molecule has 2 saturated carbocycles. The van der Waals surface area contributed by atoms with Crippen LogP contribution in [0.2, 0.25) is 0 Å². The molecule has 1 unspecified atom stereocenters. The Morgan fingerprint density at radius 1 is 1.33 bits per heavy atom.